The van der Waals surface area contributed by atoms with Crippen molar-refractivity contribution < 1.29 is 9.21 Å². The number of aromatic amines is 1. The summed E-state index contributed by atoms with van der Waals surface area (Å²) < 4.78 is 6.81. The zero-order chi connectivity index (χ0) is 20.4. The van der Waals surface area contributed by atoms with Crippen molar-refractivity contribution in [3.63, 3.8) is 0 Å². The van der Waals surface area contributed by atoms with Gasteiger partial charge in [0.2, 0.25) is 5.91 Å². The topological polar surface area (TPSA) is 110 Å². The number of fused-ring (bicyclic) bond motifs is 1. The van der Waals surface area contributed by atoms with E-state index in [9.17, 15) is 14.4 Å². The lowest BCUT2D eigenvalue weighted by atomic mass is 10.2. The number of thioether (sulfide) groups is 1. The Morgan fingerprint density at radius 3 is 2.69 bits per heavy atom. The van der Waals surface area contributed by atoms with Crippen LogP contribution in [0, 0.1) is 6.92 Å². The third kappa shape index (κ3) is 4.14. The summed E-state index contributed by atoms with van der Waals surface area (Å²) in [5.74, 6) is -0.310. The second kappa shape index (κ2) is 7.80. The Bertz CT molecular complexity index is 1270. The molecule has 8 nitrogen and oxygen atoms in total. The molecule has 4 aromatic rings. The van der Waals surface area contributed by atoms with E-state index in [1.54, 1.807) is 18.2 Å². The summed E-state index contributed by atoms with van der Waals surface area (Å²) in [6, 6.07) is 15.6. The zero-order valence-electron chi connectivity index (χ0n) is 15.3. The molecule has 0 saturated heterocycles. The second-order valence-corrected chi connectivity index (χ2v) is 7.21. The first-order valence-corrected chi connectivity index (χ1v) is 9.70. The van der Waals surface area contributed by atoms with Crippen molar-refractivity contribution >= 4 is 34.6 Å². The molecule has 29 heavy (non-hydrogen) atoms. The molecule has 0 bridgehead atoms. The third-order valence-corrected chi connectivity index (χ3v) is 4.93. The zero-order valence-corrected chi connectivity index (χ0v) is 16.2. The molecule has 0 aliphatic rings. The Balaban J connectivity index is 1.55. The summed E-state index contributed by atoms with van der Waals surface area (Å²) in [5, 5.41) is 2.99. The van der Waals surface area contributed by atoms with Crippen LogP contribution in [0.5, 0.6) is 0 Å². The van der Waals surface area contributed by atoms with Crippen molar-refractivity contribution in [2.24, 2.45) is 0 Å². The van der Waals surface area contributed by atoms with Gasteiger partial charge in [-0.05, 0) is 31.2 Å². The van der Waals surface area contributed by atoms with Gasteiger partial charge in [-0.2, -0.15) is 0 Å². The minimum absolute atomic E-state index is 0.00170. The molecule has 0 radical (unpaired) electrons. The number of anilines is 1. The first-order chi connectivity index (χ1) is 14.0. The third-order valence-electron chi connectivity index (χ3n) is 4.10. The quantitative estimate of drug-likeness (QED) is 0.491. The van der Waals surface area contributed by atoms with Crippen molar-refractivity contribution in [3.8, 4) is 5.69 Å². The van der Waals surface area contributed by atoms with Gasteiger partial charge in [0.25, 0.3) is 10.8 Å². The molecule has 0 saturated carbocycles. The number of aromatic nitrogens is 3. The molecule has 0 atom stereocenters. The number of oxazole rings is 1. The Morgan fingerprint density at radius 2 is 1.93 bits per heavy atom. The Morgan fingerprint density at radius 1 is 1.17 bits per heavy atom. The first-order valence-electron chi connectivity index (χ1n) is 8.71. The molecule has 0 spiro atoms. The van der Waals surface area contributed by atoms with E-state index in [2.05, 4.69) is 15.3 Å². The van der Waals surface area contributed by atoms with Crippen LogP contribution in [0.1, 0.15) is 5.56 Å². The molecule has 0 fully saturated rings. The highest BCUT2D eigenvalue weighted by Gasteiger charge is 2.13. The summed E-state index contributed by atoms with van der Waals surface area (Å²) in [4.78, 5) is 43.0. The highest BCUT2D eigenvalue weighted by Crippen LogP contribution is 2.23. The number of hydrogen-bond donors (Lipinski definition) is 2. The average Bonchev–Trinajstić information content (AvgIpc) is 3.10. The fourth-order valence-corrected chi connectivity index (χ4v) is 3.40. The normalized spacial score (nSPS) is 10.9. The molecule has 0 aliphatic heterocycles. The molecule has 2 aromatic heterocycles. The summed E-state index contributed by atoms with van der Waals surface area (Å²) in [6.07, 6.45) is 0. The standard InChI is InChI=1S/C20H16N4O4S/c1-12-6-8-13(9-7-12)24-16(10-17(25)23-19(24)27)22-18(26)11-29-20-21-14-4-2-3-5-15(14)28-20/h2-10H,11H2,1H3,(H,22,26)(H,23,25,27). The lowest BCUT2D eigenvalue weighted by molar-refractivity contribution is -0.113. The van der Waals surface area contributed by atoms with Gasteiger partial charge < -0.3 is 9.73 Å². The van der Waals surface area contributed by atoms with Gasteiger partial charge in [-0.3, -0.25) is 14.6 Å². The summed E-state index contributed by atoms with van der Waals surface area (Å²) in [5.41, 5.74) is 1.66. The van der Waals surface area contributed by atoms with Crippen LogP contribution in [0.3, 0.4) is 0 Å². The van der Waals surface area contributed by atoms with Crippen molar-refractivity contribution in [1.29, 1.82) is 0 Å². The van der Waals surface area contributed by atoms with Crippen LogP contribution in [0.4, 0.5) is 5.82 Å². The van der Waals surface area contributed by atoms with E-state index in [1.165, 1.54) is 10.6 Å². The monoisotopic (exact) mass is 408 g/mol. The van der Waals surface area contributed by atoms with Gasteiger partial charge in [-0.15, -0.1) is 0 Å². The van der Waals surface area contributed by atoms with Crippen LogP contribution < -0.4 is 16.6 Å². The molecule has 146 valence electrons. The van der Waals surface area contributed by atoms with Crippen LogP contribution >= 0.6 is 11.8 Å². The van der Waals surface area contributed by atoms with Gasteiger partial charge >= 0.3 is 5.69 Å². The van der Waals surface area contributed by atoms with Crippen LogP contribution in [0.2, 0.25) is 0 Å². The number of nitrogens with zero attached hydrogens (tertiary/aromatic N) is 2. The highest BCUT2D eigenvalue weighted by atomic mass is 32.2. The molecule has 1 amide bonds. The molecule has 2 aromatic carbocycles. The maximum absolute atomic E-state index is 12.4. The van der Waals surface area contributed by atoms with E-state index in [0.29, 0.717) is 22.0 Å². The first kappa shape index (κ1) is 18.8. The maximum atomic E-state index is 12.4. The predicted molar refractivity (Wildman–Crippen MR) is 111 cm³/mol. The van der Waals surface area contributed by atoms with E-state index < -0.39 is 17.2 Å². The van der Waals surface area contributed by atoms with Crippen LogP contribution in [0.25, 0.3) is 16.8 Å². The van der Waals surface area contributed by atoms with Crippen LogP contribution in [-0.2, 0) is 4.79 Å². The van der Waals surface area contributed by atoms with Crippen molar-refractivity contribution in [2.75, 3.05) is 11.1 Å². The van der Waals surface area contributed by atoms with Gasteiger partial charge in [0.1, 0.15) is 11.3 Å². The number of rotatable bonds is 5. The number of carbonyl (C=O) groups excluding carboxylic acids is 1. The number of nitrogens with one attached hydrogen (secondary N) is 2. The average molecular weight is 408 g/mol. The molecule has 2 N–H and O–H groups in total. The van der Waals surface area contributed by atoms with Crippen molar-refractivity contribution in [1.82, 2.24) is 14.5 Å². The molecule has 2 heterocycles. The van der Waals surface area contributed by atoms with Gasteiger partial charge in [0, 0.05) is 6.07 Å². The number of benzene rings is 2. The molecular formula is C20H16N4O4S. The molecule has 4 rings (SSSR count). The van der Waals surface area contributed by atoms with Crippen LogP contribution in [-0.4, -0.2) is 26.2 Å². The maximum Gasteiger partial charge on any atom is 0.334 e. The van der Waals surface area contributed by atoms with Gasteiger partial charge in [0.05, 0.1) is 11.4 Å². The number of aryl methyl sites for hydroxylation is 1. The molecule has 9 heteroatoms. The lowest BCUT2D eigenvalue weighted by Gasteiger charge is -2.13. The number of hydrogen-bond acceptors (Lipinski definition) is 6. The number of H-pyrrole nitrogens is 1. The minimum Gasteiger partial charge on any atom is -0.431 e. The molecular weight excluding hydrogens is 392 g/mol. The fraction of sp³-hybridized carbons (Fsp3) is 0.100. The SMILES string of the molecule is Cc1ccc(-n2c(NC(=O)CSc3nc4ccccc4o3)cc(=O)[nH]c2=O)cc1. The van der Waals surface area contributed by atoms with E-state index in [-0.39, 0.29) is 11.6 Å². The van der Waals surface area contributed by atoms with Gasteiger partial charge in [-0.25, -0.2) is 14.3 Å². The van der Waals surface area contributed by atoms with Gasteiger partial charge in [0.15, 0.2) is 5.58 Å². The van der Waals surface area contributed by atoms with Crippen molar-refractivity contribution in [3.05, 3.63) is 81.0 Å². The smallest absolute Gasteiger partial charge is 0.334 e. The second-order valence-electron chi connectivity index (χ2n) is 6.28. The molecule has 0 aliphatic carbocycles. The van der Waals surface area contributed by atoms with E-state index in [0.717, 1.165) is 17.3 Å². The largest absolute Gasteiger partial charge is 0.431 e. The fourth-order valence-electron chi connectivity index (χ4n) is 2.76. The van der Waals surface area contributed by atoms with Gasteiger partial charge in [-0.1, -0.05) is 41.6 Å². The Hall–Kier alpha value is -3.59. The molecule has 0 unspecified atom stereocenters. The van der Waals surface area contributed by atoms with E-state index >= 15 is 0 Å². The highest BCUT2D eigenvalue weighted by molar-refractivity contribution is 7.99. The number of para-hydroxylation sites is 2. The van der Waals surface area contributed by atoms with Crippen LogP contribution in [0.15, 0.2) is 73.8 Å². The summed E-state index contributed by atoms with van der Waals surface area (Å²) in [7, 11) is 0. The Kier molecular flexibility index (Phi) is 5.05. The summed E-state index contributed by atoms with van der Waals surface area (Å²) >= 11 is 1.12. The lowest BCUT2D eigenvalue weighted by Crippen LogP contribution is -2.32. The van der Waals surface area contributed by atoms with Crippen molar-refractivity contribution in [2.45, 2.75) is 12.1 Å². The Labute approximate surface area is 168 Å². The predicted octanol–water partition coefficient (Wildman–Crippen LogP) is 2.71. The minimum atomic E-state index is -0.636. The van der Waals surface area contributed by atoms with E-state index in [4.69, 9.17) is 4.42 Å². The number of amides is 1. The van der Waals surface area contributed by atoms with E-state index in [1.807, 2.05) is 37.3 Å². The number of carbonyl (C=O) groups is 1. The summed E-state index contributed by atoms with van der Waals surface area (Å²) in [6.45, 7) is 1.92.